The summed E-state index contributed by atoms with van der Waals surface area (Å²) in [6, 6.07) is 1.85. The highest BCUT2D eigenvalue weighted by Gasteiger charge is 2.35. The Balaban J connectivity index is 2.18. The van der Waals surface area contributed by atoms with Gasteiger partial charge in [-0.05, 0) is 57.9 Å². The number of rotatable bonds is 7. The number of carbonyl (C=O) groups excluding carboxylic acids is 2. The SMILES string of the molecule is COC(=O)C(CC1C=CC=C(C#N)C1)C(CC1CCCCC1)NC(=O)OC(C)(C)C. The zero-order valence-electron chi connectivity index (χ0n) is 18.8. The molecule has 1 amide bonds. The van der Waals surface area contributed by atoms with Gasteiger partial charge in [0.15, 0.2) is 0 Å². The number of alkyl carbamates (subject to hydrolysis) is 1. The molecule has 0 aliphatic heterocycles. The number of amides is 1. The Bertz CT molecular complexity index is 693. The van der Waals surface area contributed by atoms with E-state index in [1.54, 1.807) is 0 Å². The summed E-state index contributed by atoms with van der Waals surface area (Å²) in [5, 5.41) is 12.2. The van der Waals surface area contributed by atoms with E-state index < -0.39 is 17.6 Å². The van der Waals surface area contributed by atoms with Crippen LogP contribution in [0.3, 0.4) is 0 Å². The monoisotopic (exact) mass is 416 g/mol. The highest BCUT2D eigenvalue weighted by molar-refractivity contribution is 5.75. The third kappa shape index (κ3) is 7.85. The van der Waals surface area contributed by atoms with Gasteiger partial charge in [0.2, 0.25) is 0 Å². The third-order valence-corrected chi connectivity index (χ3v) is 5.87. The smallest absolute Gasteiger partial charge is 0.407 e. The zero-order chi connectivity index (χ0) is 22.1. The minimum absolute atomic E-state index is 0.0584. The average molecular weight is 417 g/mol. The molecule has 0 saturated heterocycles. The average Bonchev–Trinajstić information content (AvgIpc) is 2.70. The molecule has 3 unspecified atom stereocenters. The number of carbonyl (C=O) groups is 2. The highest BCUT2D eigenvalue weighted by Crippen LogP contribution is 2.33. The number of nitrogens with zero attached hydrogens (tertiary/aromatic N) is 1. The van der Waals surface area contributed by atoms with Crippen molar-refractivity contribution in [2.75, 3.05) is 7.11 Å². The molecule has 6 heteroatoms. The lowest BCUT2D eigenvalue weighted by Crippen LogP contribution is -2.47. The molecule has 166 valence electrons. The molecule has 1 N–H and O–H groups in total. The fourth-order valence-corrected chi connectivity index (χ4v) is 4.46. The lowest BCUT2D eigenvalue weighted by molar-refractivity contribution is -0.147. The summed E-state index contributed by atoms with van der Waals surface area (Å²) in [5.41, 5.74) is 0.0915. The quantitative estimate of drug-likeness (QED) is 0.586. The maximum absolute atomic E-state index is 12.8. The molecule has 2 rings (SSSR count). The van der Waals surface area contributed by atoms with Crippen molar-refractivity contribution in [1.82, 2.24) is 5.32 Å². The van der Waals surface area contributed by atoms with Gasteiger partial charge in [-0.15, -0.1) is 0 Å². The Morgan fingerprint density at radius 2 is 1.93 bits per heavy atom. The van der Waals surface area contributed by atoms with E-state index in [2.05, 4.69) is 11.4 Å². The molecule has 0 aromatic rings. The molecular formula is C24H36N2O4. The van der Waals surface area contributed by atoms with Crippen LogP contribution in [0.1, 0.15) is 72.1 Å². The number of nitrogens with one attached hydrogen (secondary N) is 1. The Kier molecular flexibility index (Phi) is 8.95. The van der Waals surface area contributed by atoms with Crippen molar-refractivity contribution in [2.24, 2.45) is 17.8 Å². The first kappa shape index (κ1) is 24.0. The molecule has 0 aromatic heterocycles. The maximum Gasteiger partial charge on any atom is 0.407 e. The largest absolute Gasteiger partial charge is 0.469 e. The van der Waals surface area contributed by atoms with Gasteiger partial charge in [-0.3, -0.25) is 4.79 Å². The summed E-state index contributed by atoms with van der Waals surface area (Å²) >= 11 is 0. The van der Waals surface area contributed by atoms with E-state index in [1.165, 1.54) is 26.4 Å². The number of allylic oxidation sites excluding steroid dienone is 4. The summed E-state index contributed by atoms with van der Waals surface area (Å²) in [5.74, 6) is -0.282. The molecule has 1 fully saturated rings. The third-order valence-electron chi connectivity index (χ3n) is 5.87. The number of esters is 1. The van der Waals surface area contributed by atoms with E-state index in [-0.39, 0.29) is 17.9 Å². The number of ether oxygens (including phenoxy) is 2. The molecule has 2 aliphatic carbocycles. The lowest BCUT2D eigenvalue weighted by Gasteiger charge is -2.33. The van der Waals surface area contributed by atoms with Crippen LogP contribution in [0, 0.1) is 29.1 Å². The molecule has 0 heterocycles. The van der Waals surface area contributed by atoms with E-state index in [4.69, 9.17) is 9.47 Å². The van der Waals surface area contributed by atoms with Gasteiger partial charge in [-0.1, -0.05) is 44.3 Å². The molecule has 0 bridgehead atoms. The van der Waals surface area contributed by atoms with E-state index in [0.717, 1.165) is 19.3 Å². The van der Waals surface area contributed by atoms with Crippen LogP contribution in [0.4, 0.5) is 4.79 Å². The predicted octanol–water partition coefficient (Wildman–Crippen LogP) is 5.06. The van der Waals surface area contributed by atoms with Crippen LogP contribution in [0.25, 0.3) is 0 Å². The first-order valence-corrected chi connectivity index (χ1v) is 11.1. The predicted molar refractivity (Wildman–Crippen MR) is 115 cm³/mol. The molecule has 3 atom stereocenters. The van der Waals surface area contributed by atoms with Crippen LogP contribution in [0.15, 0.2) is 23.8 Å². The van der Waals surface area contributed by atoms with Gasteiger partial charge in [-0.2, -0.15) is 5.26 Å². The normalized spacial score (nSPS) is 21.7. The molecule has 1 saturated carbocycles. The van der Waals surface area contributed by atoms with Crippen LogP contribution < -0.4 is 5.32 Å². The second kappa shape index (κ2) is 11.2. The topological polar surface area (TPSA) is 88.4 Å². The number of methoxy groups -OCH3 is 1. The standard InChI is InChI=1S/C24H36N2O4/c1-24(2,3)30-23(28)26-21(15-17-9-6-5-7-10-17)20(22(27)29-4)14-18-11-8-12-19(13-18)16-25/h8,11-12,17-18,20-21H,5-7,9-10,13-15H2,1-4H3,(H,26,28). The fourth-order valence-electron chi connectivity index (χ4n) is 4.46. The summed E-state index contributed by atoms with van der Waals surface area (Å²) in [6.45, 7) is 5.47. The van der Waals surface area contributed by atoms with Crippen molar-refractivity contribution < 1.29 is 19.1 Å². The van der Waals surface area contributed by atoms with Gasteiger partial charge in [0.1, 0.15) is 5.60 Å². The van der Waals surface area contributed by atoms with Crippen molar-refractivity contribution in [3.05, 3.63) is 23.8 Å². The zero-order valence-corrected chi connectivity index (χ0v) is 18.8. The van der Waals surface area contributed by atoms with Crippen molar-refractivity contribution in [3.63, 3.8) is 0 Å². The van der Waals surface area contributed by atoms with Crippen molar-refractivity contribution in [2.45, 2.75) is 83.8 Å². The maximum atomic E-state index is 12.8. The van der Waals surface area contributed by atoms with Gasteiger partial charge >= 0.3 is 12.1 Å². The lowest BCUT2D eigenvalue weighted by atomic mass is 9.78. The van der Waals surface area contributed by atoms with Crippen molar-refractivity contribution >= 4 is 12.1 Å². The molecular weight excluding hydrogens is 380 g/mol. The van der Waals surface area contributed by atoms with Gasteiger partial charge in [0.05, 0.1) is 19.1 Å². The summed E-state index contributed by atoms with van der Waals surface area (Å²) in [6.07, 6.45) is 12.9. The number of nitriles is 1. The van der Waals surface area contributed by atoms with E-state index in [0.29, 0.717) is 24.3 Å². The summed E-state index contributed by atoms with van der Waals surface area (Å²) in [7, 11) is 1.39. The molecule has 30 heavy (non-hydrogen) atoms. The van der Waals surface area contributed by atoms with Crippen LogP contribution in [0.5, 0.6) is 0 Å². The first-order chi connectivity index (χ1) is 14.2. The second-order valence-electron chi connectivity index (χ2n) is 9.51. The van der Waals surface area contributed by atoms with Crippen molar-refractivity contribution in [1.29, 1.82) is 5.26 Å². The molecule has 2 aliphatic rings. The van der Waals surface area contributed by atoms with E-state index in [9.17, 15) is 14.9 Å². The highest BCUT2D eigenvalue weighted by atomic mass is 16.6. The Hall–Kier alpha value is -2.29. The number of hydrogen-bond acceptors (Lipinski definition) is 5. The van der Waals surface area contributed by atoms with Gasteiger partial charge < -0.3 is 14.8 Å². The Morgan fingerprint density at radius 3 is 2.53 bits per heavy atom. The summed E-state index contributed by atoms with van der Waals surface area (Å²) < 4.78 is 10.6. The number of hydrogen-bond donors (Lipinski definition) is 1. The first-order valence-electron chi connectivity index (χ1n) is 11.1. The van der Waals surface area contributed by atoms with E-state index in [1.807, 2.05) is 39.0 Å². The minimum Gasteiger partial charge on any atom is -0.469 e. The van der Waals surface area contributed by atoms with Gasteiger partial charge in [0, 0.05) is 11.6 Å². The molecule has 0 aromatic carbocycles. The molecule has 0 radical (unpaired) electrons. The minimum atomic E-state index is -0.612. The fraction of sp³-hybridized carbons (Fsp3) is 0.708. The van der Waals surface area contributed by atoms with Gasteiger partial charge in [-0.25, -0.2) is 4.79 Å². The van der Waals surface area contributed by atoms with Crippen LogP contribution in [-0.2, 0) is 14.3 Å². The summed E-state index contributed by atoms with van der Waals surface area (Å²) in [4.78, 5) is 25.3. The van der Waals surface area contributed by atoms with Crippen molar-refractivity contribution in [3.8, 4) is 6.07 Å². The second-order valence-corrected chi connectivity index (χ2v) is 9.51. The van der Waals surface area contributed by atoms with Crippen LogP contribution in [-0.4, -0.2) is 30.8 Å². The molecule has 6 nitrogen and oxygen atoms in total. The molecule has 0 spiro atoms. The van der Waals surface area contributed by atoms with E-state index >= 15 is 0 Å². The Morgan fingerprint density at radius 1 is 1.23 bits per heavy atom. The van der Waals surface area contributed by atoms with Gasteiger partial charge in [0.25, 0.3) is 0 Å². The Labute approximate surface area is 180 Å². The van der Waals surface area contributed by atoms with Crippen LogP contribution in [0.2, 0.25) is 0 Å². The van der Waals surface area contributed by atoms with Crippen LogP contribution >= 0.6 is 0 Å².